The first-order valence-corrected chi connectivity index (χ1v) is 4.80. The van der Waals surface area contributed by atoms with Gasteiger partial charge >= 0.3 is 0 Å². The second-order valence-corrected chi connectivity index (χ2v) is 4.60. The highest BCUT2D eigenvalue weighted by atomic mass is 16.5. The number of fused-ring (bicyclic) bond motifs is 1. The van der Waals surface area contributed by atoms with E-state index in [0.29, 0.717) is 5.41 Å². The molecular weight excluding hydrogens is 136 g/mol. The van der Waals surface area contributed by atoms with Crippen molar-refractivity contribution in [2.24, 2.45) is 5.41 Å². The zero-order valence-electron chi connectivity index (χ0n) is 7.65. The summed E-state index contributed by atoms with van der Waals surface area (Å²) in [5.74, 6) is 0. The summed E-state index contributed by atoms with van der Waals surface area (Å²) >= 11 is 0. The van der Waals surface area contributed by atoms with Gasteiger partial charge in [-0.3, -0.25) is 0 Å². The number of ether oxygens (including phenoxy) is 1. The summed E-state index contributed by atoms with van der Waals surface area (Å²) in [4.78, 5) is 0. The third-order valence-electron chi connectivity index (χ3n) is 3.98. The Bertz CT molecular complexity index is 148. The first kappa shape index (κ1) is 7.60. The van der Waals surface area contributed by atoms with Crippen LogP contribution < -0.4 is 0 Å². The van der Waals surface area contributed by atoms with Gasteiger partial charge in [0.15, 0.2) is 0 Å². The molecule has 2 rings (SSSR count). The highest BCUT2D eigenvalue weighted by Crippen LogP contribution is 2.52. The Morgan fingerprint density at radius 1 is 1.00 bits per heavy atom. The maximum Gasteiger partial charge on any atom is 0.0708 e. The molecule has 0 amide bonds. The third-order valence-corrected chi connectivity index (χ3v) is 3.98. The van der Waals surface area contributed by atoms with Crippen molar-refractivity contribution in [1.82, 2.24) is 0 Å². The van der Waals surface area contributed by atoms with E-state index in [1.807, 2.05) is 0 Å². The predicted octanol–water partition coefficient (Wildman–Crippen LogP) is 2.75. The predicted molar refractivity (Wildman–Crippen MR) is 45.5 cm³/mol. The Labute approximate surface area is 69.1 Å². The summed E-state index contributed by atoms with van der Waals surface area (Å²) in [7, 11) is 0. The van der Waals surface area contributed by atoms with Crippen LogP contribution in [0.15, 0.2) is 0 Å². The molecule has 1 nitrogen and oxygen atoms in total. The molecule has 2 atom stereocenters. The zero-order valence-corrected chi connectivity index (χ0v) is 7.65. The Balaban J connectivity index is 2.24. The SMILES string of the molecule is C[C@@]12CCCC[C@]1(C)OCC2. The lowest BCUT2D eigenvalue weighted by molar-refractivity contribution is -0.0684. The third kappa shape index (κ3) is 0.936. The number of hydrogen-bond acceptors (Lipinski definition) is 1. The van der Waals surface area contributed by atoms with Crippen LogP contribution >= 0.6 is 0 Å². The van der Waals surface area contributed by atoms with E-state index in [4.69, 9.17) is 4.74 Å². The van der Waals surface area contributed by atoms with E-state index in [0.717, 1.165) is 6.61 Å². The van der Waals surface area contributed by atoms with Crippen LogP contribution in [0.25, 0.3) is 0 Å². The maximum atomic E-state index is 5.85. The maximum absolute atomic E-state index is 5.85. The molecule has 0 bridgehead atoms. The molecule has 1 aliphatic carbocycles. The van der Waals surface area contributed by atoms with Crippen molar-refractivity contribution in [2.45, 2.75) is 51.6 Å². The molecule has 0 unspecified atom stereocenters. The van der Waals surface area contributed by atoms with Gasteiger partial charge in [0.25, 0.3) is 0 Å². The molecule has 1 heteroatoms. The van der Waals surface area contributed by atoms with Gasteiger partial charge in [0, 0.05) is 6.61 Å². The quantitative estimate of drug-likeness (QED) is 0.521. The van der Waals surface area contributed by atoms with Crippen molar-refractivity contribution in [3.63, 3.8) is 0 Å². The van der Waals surface area contributed by atoms with E-state index in [2.05, 4.69) is 13.8 Å². The summed E-state index contributed by atoms with van der Waals surface area (Å²) in [6.07, 6.45) is 6.72. The lowest BCUT2D eigenvalue weighted by Gasteiger charge is -2.43. The smallest absolute Gasteiger partial charge is 0.0708 e. The lowest BCUT2D eigenvalue weighted by atomic mass is 9.65. The summed E-state index contributed by atoms with van der Waals surface area (Å²) in [5, 5.41) is 0. The molecule has 2 aliphatic rings. The monoisotopic (exact) mass is 154 g/mol. The summed E-state index contributed by atoms with van der Waals surface area (Å²) in [6.45, 7) is 5.70. The molecule has 11 heavy (non-hydrogen) atoms. The standard InChI is InChI=1S/C10H18O/c1-9-5-3-4-6-10(9,2)11-8-7-9/h3-8H2,1-2H3/t9-,10-/m0/s1. The molecule has 64 valence electrons. The molecule has 1 aliphatic heterocycles. The van der Waals surface area contributed by atoms with Gasteiger partial charge in [0.05, 0.1) is 5.60 Å². The molecule has 1 saturated heterocycles. The average molecular weight is 154 g/mol. The van der Waals surface area contributed by atoms with Crippen LogP contribution in [0.4, 0.5) is 0 Å². The minimum atomic E-state index is 0.227. The van der Waals surface area contributed by atoms with Gasteiger partial charge in [-0.15, -0.1) is 0 Å². The largest absolute Gasteiger partial charge is 0.375 e. The van der Waals surface area contributed by atoms with Crippen LogP contribution in [-0.2, 0) is 4.74 Å². The Hall–Kier alpha value is -0.0400. The second kappa shape index (κ2) is 2.22. The number of hydrogen-bond donors (Lipinski definition) is 0. The topological polar surface area (TPSA) is 9.23 Å². The molecular formula is C10H18O. The van der Waals surface area contributed by atoms with E-state index < -0.39 is 0 Å². The molecule has 0 aromatic carbocycles. The van der Waals surface area contributed by atoms with Crippen LogP contribution in [0.3, 0.4) is 0 Å². The van der Waals surface area contributed by atoms with Crippen LogP contribution in [0.2, 0.25) is 0 Å². The van der Waals surface area contributed by atoms with Gasteiger partial charge < -0.3 is 4.74 Å². The normalized spacial score (nSPS) is 50.7. The highest BCUT2D eigenvalue weighted by Gasteiger charge is 2.50. The first-order chi connectivity index (χ1) is 5.16. The van der Waals surface area contributed by atoms with E-state index >= 15 is 0 Å². The van der Waals surface area contributed by atoms with Gasteiger partial charge in [0.1, 0.15) is 0 Å². The van der Waals surface area contributed by atoms with Crippen molar-refractivity contribution >= 4 is 0 Å². The van der Waals surface area contributed by atoms with Crippen molar-refractivity contribution in [1.29, 1.82) is 0 Å². The van der Waals surface area contributed by atoms with Crippen LogP contribution in [0.1, 0.15) is 46.0 Å². The fourth-order valence-electron chi connectivity index (χ4n) is 2.68. The van der Waals surface area contributed by atoms with Crippen LogP contribution in [-0.4, -0.2) is 12.2 Å². The molecule has 2 fully saturated rings. The fourth-order valence-corrected chi connectivity index (χ4v) is 2.68. The molecule has 0 radical (unpaired) electrons. The molecule has 0 spiro atoms. The van der Waals surface area contributed by atoms with Gasteiger partial charge in [0.2, 0.25) is 0 Å². The average Bonchev–Trinajstić information content (AvgIpc) is 2.25. The van der Waals surface area contributed by atoms with Crippen LogP contribution in [0, 0.1) is 5.41 Å². The molecule has 0 aromatic heterocycles. The van der Waals surface area contributed by atoms with Crippen LogP contribution in [0.5, 0.6) is 0 Å². The summed E-state index contributed by atoms with van der Waals surface area (Å²) < 4.78 is 5.85. The first-order valence-electron chi connectivity index (χ1n) is 4.80. The van der Waals surface area contributed by atoms with E-state index in [1.54, 1.807) is 0 Å². The Kier molecular flexibility index (Phi) is 1.54. The molecule has 1 saturated carbocycles. The second-order valence-electron chi connectivity index (χ2n) is 4.60. The van der Waals surface area contributed by atoms with Gasteiger partial charge in [-0.25, -0.2) is 0 Å². The van der Waals surface area contributed by atoms with Crippen molar-refractivity contribution < 1.29 is 4.74 Å². The van der Waals surface area contributed by atoms with Crippen molar-refractivity contribution in [3.05, 3.63) is 0 Å². The highest BCUT2D eigenvalue weighted by molar-refractivity contribution is 5.00. The van der Waals surface area contributed by atoms with Crippen molar-refractivity contribution in [3.8, 4) is 0 Å². The summed E-state index contributed by atoms with van der Waals surface area (Å²) in [5.41, 5.74) is 0.733. The molecule has 0 N–H and O–H groups in total. The summed E-state index contributed by atoms with van der Waals surface area (Å²) in [6, 6.07) is 0. The molecule has 1 heterocycles. The Morgan fingerprint density at radius 2 is 1.73 bits per heavy atom. The van der Waals surface area contributed by atoms with Gasteiger partial charge in [-0.05, 0) is 31.6 Å². The van der Waals surface area contributed by atoms with Crippen molar-refractivity contribution in [2.75, 3.05) is 6.61 Å². The minimum absolute atomic E-state index is 0.227. The Morgan fingerprint density at radius 3 is 2.45 bits per heavy atom. The van der Waals surface area contributed by atoms with Gasteiger partial charge in [-0.1, -0.05) is 19.8 Å². The van der Waals surface area contributed by atoms with E-state index in [-0.39, 0.29) is 5.60 Å². The minimum Gasteiger partial charge on any atom is -0.375 e. The number of rotatable bonds is 0. The fraction of sp³-hybridized carbons (Fsp3) is 1.00. The molecule has 0 aromatic rings. The van der Waals surface area contributed by atoms with Gasteiger partial charge in [-0.2, -0.15) is 0 Å². The zero-order chi connectivity index (χ0) is 7.95. The van der Waals surface area contributed by atoms with E-state index in [1.165, 1.54) is 32.1 Å². The van der Waals surface area contributed by atoms with E-state index in [9.17, 15) is 0 Å². The lowest BCUT2D eigenvalue weighted by Crippen LogP contribution is -2.42.